The van der Waals surface area contributed by atoms with Crippen molar-refractivity contribution >= 4 is 29.9 Å². The number of nitrogens with one attached hydrogen (secondary N) is 1. The van der Waals surface area contributed by atoms with Gasteiger partial charge in [-0.3, -0.25) is 4.99 Å². The topological polar surface area (TPSA) is 73.9 Å². The van der Waals surface area contributed by atoms with Gasteiger partial charge in [-0.05, 0) is 20.4 Å². The van der Waals surface area contributed by atoms with Crippen molar-refractivity contribution < 1.29 is 5.11 Å². The van der Waals surface area contributed by atoms with E-state index in [1.54, 1.807) is 0 Å². The van der Waals surface area contributed by atoms with Crippen LogP contribution >= 0.6 is 24.0 Å². The molecule has 1 unspecified atom stereocenters. The van der Waals surface area contributed by atoms with E-state index >= 15 is 0 Å². The average Bonchev–Trinajstić information content (AvgIpc) is 2.53. The molecule has 0 aromatic rings. The van der Waals surface area contributed by atoms with Crippen LogP contribution in [0.15, 0.2) is 17.1 Å². The smallest absolute Gasteiger partial charge is 0.188 e. The summed E-state index contributed by atoms with van der Waals surface area (Å²) in [7, 11) is 1.99. The molecular weight excluding hydrogens is 331 g/mol. The number of aliphatic hydroxyl groups is 1. The van der Waals surface area contributed by atoms with Crippen molar-refractivity contribution in [3.63, 3.8) is 0 Å². The van der Waals surface area contributed by atoms with Crippen LogP contribution in [0, 0.1) is 0 Å². The molecule has 5 nitrogen and oxygen atoms in total. The minimum absolute atomic E-state index is 0. The summed E-state index contributed by atoms with van der Waals surface area (Å²) in [6.45, 7) is 8.21. The van der Waals surface area contributed by atoms with Gasteiger partial charge in [-0.15, -0.1) is 24.0 Å². The van der Waals surface area contributed by atoms with Crippen LogP contribution in [0.25, 0.3) is 0 Å². The monoisotopic (exact) mass is 354 g/mol. The van der Waals surface area contributed by atoms with E-state index in [0.717, 1.165) is 18.5 Å². The number of nitrogens with zero attached hydrogens (tertiary/aromatic N) is 2. The van der Waals surface area contributed by atoms with Gasteiger partial charge in [0.2, 0.25) is 0 Å². The van der Waals surface area contributed by atoms with Crippen LogP contribution in [-0.4, -0.2) is 54.8 Å². The zero-order valence-corrected chi connectivity index (χ0v) is 12.9. The van der Waals surface area contributed by atoms with Crippen molar-refractivity contribution in [2.75, 3.05) is 33.2 Å². The van der Waals surface area contributed by atoms with E-state index in [-0.39, 0.29) is 24.0 Å². The second kappa shape index (κ2) is 7.17. The molecule has 1 atom stereocenters. The van der Waals surface area contributed by atoms with E-state index in [0.29, 0.717) is 25.6 Å². The minimum atomic E-state index is -0.718. The fourth-order valence-corrected chi connectivity index (χ4v) is 1.72. The lowest BCUT2D eigenvalue weighted by atomic mass is 10.0. The Bertz CT molecular complexity index is 295. The second-order valence-electron chi connectivity index (χ2n) is 4.72. The molecule has 0 radical (unpaired) electrons. The zero-order valence-electron chi connectivity index (χ0n) is 10.6. The first-order valence-electron chi connectivity index (χ1n) is 5.50. The molecule has 0 amide bonds. The summed E-state index contributed by atoms with van der Waals surface area (Å²) in [5, 5.41) is 13.1. The number of nitrogens with two attached hydrogens (primary N) is 1. The molecule has 1 fully saturated rings. The van der Waals surface area contributed by atoms with Crippen LogP contribution in [0.3, 0.4) is 0 Å². The van der Waals surface area contributed by atoms with Crippen molar-refractivity contribution in [2.45, 2.75) is 18.9 Å². The molecule has 0 spiro atoms. The first-order valence-corrected chi connectivity index (χ1v) is 5.50. The molecule has 0 aliphatic carbocycles. The van der Waals surface area contributed by atoms with E-state index in [4.69, 9.17) is 5.73 Å². The van der Waals surface area contributed by atoms with E-state index in [1.807, 2.05) is 14.0 Å². The molecular formula is C11H23IN4O. The van der Waals surface area contributed by atoms with Crippen LogP contribution in [0.4, 0.5) is 0 Å². The first-order chi connectivity index (χ1) is 7.41. The van der Waals surface area contributed by atoms with Gasteiger partial charge in [0.05, 0.1) is 12.1 Å². The molecule has 1 saturated heterocycles. The first kappa shape index (κ1) is 16.7. The predicted octanol–water partition coefficient (Wildman–Crippen LogP) is 0.151. The number of hydrogen-bond donors (Lipinski definition) is 3. The van der Waals surface area contributed by atoms with Crippen LogP contribution in [0.5, 0.6) is 0 Å². The highest BCUT2D eigenvalue weighted by Crippen LogP contribution is 2.19. The maximum atomic E-state index is 10.1. The van der Waals surface area contributed by atoms with Crippen LogP contribution in [0.1, 0.15) is 13.3 Å². The molecule has 1 heterocycles. The lowest BCUT2D eigenvalue weighted by Gasteiger charge is -2.20. The molecule has 0 saturated carbocycles. The van der Waals surface area contributed by atoms with Gasteiger partial charge in [-0.1, -0.05) is 12.2 Å². The molecule has 0 aromatic heterocycles. The minimum Gasteiger partial charge on any atom is -0.387 e. The van der Waals surface area contributed by atoms with Crippen molar-refractivity contribution in [1.82, 2.24) is 10.2 Å². The van der Waals surface area contributed by atoms with E-state index in [1.165, 1.54) is 0 Å². The van der Waals surface area contributed by atoms with Crippen molar-refractivity contribution in [3.8, 4) is 0 Å². The van der Waals surface area contributed by atoms with Gasteiger partial charge in [-0.25, -0.2) is 0 Å². The van der Waals surface area contributed by atoms with Gasteiger partial charge in [0.1, 0.15) is 0 Å². The predicted molar refractivity (Wildman–Crippen MR) is 81.8 cm³/mol. The van der Waals surface area contributed by atoms with Crippen molar-refractivity contribution in [1.29, 1.82) is 0 Å². The van der Waals surface area contributed by atoms with Crippen LogP contribution in [0.2, 0.25) is 0 Å². The Morgan fingerprint density at radius 1 is 1.65 bits per heavy atom. The molecule has 0 bridgehead atoms. The molecule has 1 aliphatic rings. The molecule has 4 N–H and O–H groups in total. The van der Waals surface area contributed by atoms with Crippen LogP contribution in [-0.2, 0) is 0 Å². The van der Waals surface area contributed by atoms with E-state index in [2.05, 4.69) is 21.8 Å². The number of β-amino-alcohol motifs (C(OH)–C–C–N with tert-alkyl or cyclic N) is 1. The van der Waals surface area contributed by atoms with E-state index < -0.39 is 5.60 Å². The Morgan fingerprint density at radius 2 is 2.29 bits per heavy atom. The van der Waals surface area contributed by atoms with Gasteiger partial charge >= 0.3 is 0 Å². The molecule has 1 rings (SSSR count). The van der Waals surface area contributed by atoms with Crippen molar-refractivity contribution in [2.24, 2.45) is 10.7 Å². The summed E-state index contributed by atoms with van der Waals surface area (Å²) in [5.74, 6) is 0.367. The van der Waals surface area contributed by atoms with Crippen molar-refractivity contribution in [3.05, 3.63) is 12.2 Å². The third-order valence-corrected chi connectivity index (χ3v) is 2.64. The lowest BCUT2D eigenvalue weighted by Crippen LogP contribution is -2.39. The molecule has 6 heteroatoms. The fourth-order valence-electron chi connectivity index (χ4n) is 1.72. The molecule has 100 valence electrons. The Hall–Kier alpha value is -0.340. The second-order valence-corrected chi connectivity index (χ2v) is 4.72. The number of likely N-dealkylation sites (tertiary alicyclic amines) is 1. The molecule has 1 aliphatic heterocycles. The standard InChI is InChI=1S/C11H22N4O.HI/c1-9(2)6-13-10(12)14-7-11(16)4-5-15(3)8-11;/h16H,1,4-8H2,2-3H3,(H3,12,13,14);1H. The van der Waals surface area contributed by atoms with Gasteiger partial charge in [0.25, 0.3) is 0 Å². The maximum absolute atomic E-state index is 10.1. The molecule has 0 aromatic carbocycles. The number of rotatable bonds is 4. The summed E-state index contributed by atoms with van der Waals surface area (Å²) >= 11 is 0. The quantitative estimate of drug-likeness (QED) is 0.291. The number of likely N-dealkylation sites (N-methyl/N-ethyl adjacent to an activating group) is 1. The van der Waals surface area contributed by atoms with E-state index in [9.17, 15) is 5.11 Å². The largest absolute Gasteiger partial charge is 0.387 e. The van der Waals surface area contributed by atoms with Gasteiger partial charge in [0.15, 0.2) is 5.96 Å². The summed E-state index contributed by atoms with van der Waals surface area (Å²) in [4.78, 5) is 6.24. The summed E-state index contributed by atoms with van der Waals surface area (Å²) in [6.07, 6.45) is 0.751. The van der Waals surface area contributed by atoms with Gasteiger partial charge in [0, 0.05) is 19.6 Å². The van der Waals surface area contributed by atoms with Gasteiger partial charge in [-0.2, -0.15) is 0 Å². The van der Waals surface area contributed by atoms with Gasteiger partial charge < -0.3 is 21.1 Å². The summed E-state index contributed by atoms with van der Waals surface area (Å²) in [5.41, 5.74) is 5.95. The zero-order chi connectivity index (χ0) is 12.2. The fraction of sp³-hybridized carbons (Fsp3) is 0.727. The lowest BCUT2D eigenvalue weighted by molar-refractivity contribution is 0.0614. The number of hydrogen-bond acceptors (Lipinski definition) is 3. The summed E-state index contributed by atoms with van der Waals surface area (Å²) < 4.78 is 0. The average molecular weight is 354 g/mol. The van der Waals surface area contributed by atoms with Crippen LogP contribution < -0.4 is 11.1 Å². The summed E-state index contributed by atoms with van der Waals surface area (Å²) in [6, 6.07) is 0. The SMILES string of the molecule is C=C(C)CNC(N)=NCC1(O)CCN(C)C1.I. The Morgan fingerprint density at radius 3 is 2.76 bits per heavy atom. The normalized spacial score (nSPS) is 25.5. The Kier molecular flexibility index (Phi) is 7.03. The highest BCUT2D eigenvalue weighted by atomic mass is 127. The Balaban J connectivity index is 0.00000256. The number of halogens is 1. The third-order valence-electron chi connectivity index (χ3n) is 2.64. The molecule has 17 heavy (non-hydrogen) atoms. The Labute approximate surface area is 120 Å². The highest BCUT2D eigenvalue weighted by molar-refractivity contribution is 14.0. The maximum Gasteiger partial charge on any atom is 0.188 e. The third kappa shape index (κ3) is 6.23. The number of guanidine groups is 1. The highest BCUT2D eigenvalue weighted by Gasteiger charge is 2.33. The number of aliphatic imine (C=N–C) groups is 1.